The smallest absolute Gasteiger partial charge is 0.220 e. The number of hydrogen-bond acceptors (Lipinski definition) is 4. The van der Waals surface area contributed by atoms with E-state index in [0.29, 0.717) is 15.8 Å². The molecule has 0 unspecified atom stereocenters. The van der Waals surface area contributed by atoms with Gasteiger partial charge in [-0.2, -0.15) is 5.10 Å². The van der Waals surface area contributed by atoms with Gasteiger partial charge in [0.2, 0.25) is 5.91 Å². The molecule has 3 aromatic rings. The van der Waals surface area contributed by atoms with E-state index in [2.05, 4.69) is 10.4 Å². The van der Waals surface area contributed by atoms with E-state index in [0.717, 1.165) is 29.1 Å². The second-order valence-corrected chi connectivity index (χ2v) is 8.35. The van der Waals surface area contributed by atoms with Crippen molar-refractivity contribution in [1.82, 2.24) is 15.1 Å². The van der Waals surface area contributed by atoms with Crippen LogP contribution in [0.15, 0.2) is 42.5 Å². The molecule has 1 aromatic carbocycles. The van der Waals surface area contributed by atoms with Crippen LogP contribution in [0.2, 0.25) is 4.34 Å². The van der Waals surface area contributed by atoms with E-state index in [9.17, 15) is 9.59 Å². The number of amides is 1. The van der Waals surface area contributed by atoms with Crippen molar-refractivity contribution in [3.05, 3.63) is 68.6 Å². The van der Waals surface area contributed by atoms with Gasteiger partial charge in [-0.05, 0) is 56.2 Å². The number of Topliss-reactive ketones (excluding diaryl/α,β-unsaturated/α-hetero) is 1. The van der Waals surface area contributed by atoms with Crippen molar-refractivity contribution in [2.24, 2.45) is 0 Å². The Bertz CT molecular complexity index is 976. The number of halogens is 1. The molecule has 5 nitrogen and oxygen atoms in total. The molecule has 0 saturated heterocycles. The SMILES string of the molecule is Cc1cc(C)n(-c2ccc(CCNC(=O)CCC(=O)c3ccc(Cl)s3)cc2)n1. The maximum absolute atomic E-state index is 12.0. The molecule has 1 N–H and O–H groups in total. The molecule has 0 aliphatic rings. The van der Waals surface area contributed by atoms with Crippen LogP contribution in [-0.2, 0) is 11.2 Å². The fourth-order valence-electron chi connectivity index (χ4n) is 2.94. The fourth-order valence-corrected chi connectivity index (χ4v) is 3.95. The first-order valence-electron chi connectivity index (χ1n) is 9.10. The molecule has 146 valence electrons. The van der Waals surface area contributed by atoms with Crippen LogP contribution < -0.4 is 5.32 Å². The largest absolute Gasteiger partial charge is 0.356 e. The van der Waals surface area contributed by atoms with E-state index in [1.54, 1.807) is 12.1 Å². The standard InChI is InChI=1S/C21H22ClN3O2S/c1-14-13-15(2)25(24-14)17-5-3-16(4-6-17)11-12-23-21(27)10-7-18(26)19-8-9-20(22)28-19/h3-6,8-9,13H,7,10-12H2,1-2H3,(H,23,27). The summed E-state index contributed by atoms with van der Waals surface area (Å²) in [5, 5.41) is 7.35. The Hall–Kier alpha value is -2.44. The van der Waals surface area contributed by atoms with E-state index in [1.165, 1.54) is 11.3 Å². The van der Waals surface area contributed by atoms with Crippen molar-refractivity contribution in [2.75, 3.05) is 6.54 Å². The Kier molecular flexibility index (Phi) is 6.65. The average molecular weight is 416 g/mol. The van der Waals surface area contributed by atoms with Gasteiger partial charge in [-0.3, -0.25) is 9.59 Å². The van der Waals surface area contributed by atoms with Gasteiger partial charge in [0, 0.05) is 25.1 Å². The number of nitrogens with one attached hydrogen (secondary N) is 1. The summed E-state index contributed by atoms with van der Waals surface area (Å²) < 4.78 is 2.50. The molecule has 0 fully saturated rings. The molecular weight excluding hydrogens is 394 g/mol. The first kappa shape index (κ1) is 20.3. The van der Waals surface area contributed by atoms with Crippen LogP contribution in [0.3, 0.4) is 0 Å². The van der Waals surface area contributed by atoms with E-state index in [1.807, 2.05) is 48.9 Å². The van der Waals surface area contributed by atoms with Gasteiger partial charge in [0.25, 0.3) is 0 Å². The molecule has 0 bridgehead atoms. The summed E-state index contributed by atoms with van der Waals surface area (Å²) in [4.78, 5) is 24.5. The fraction of sp³-hybridized carbons (Fsp3) is 0.286. The summed E-state index contributed by atoms with van der Waals surface area (Å²) in [5.41, 5.74) is 4.24. The summed E-state index contributed by atoms with van der Waals surface area (Å²) in [5.74, 6) is -0.165. The summed E-state index contributed by atoms with van der Waals surface area (Å²) >= 11 is 7.07. The van der Waals surface area contributed by atoms with Crippen LogP contribution in [0.25, 0.3) is 5.69 Å². The highest BCUT2D eigenvalue weighted by atomic mass is 35.5. The van der Waals surface area contributed by atoms with E-state index < -0.39 is 0 Å². The molecule has 0 atom stereocenters. The van der Waals surface area contributed by atoms with Crippen LogP contribution in [-0.4, -0.2) is 28.0 Å². The normalized spacial score (nSPS) is 10.8. The molecule has 7 heteroatoms. The molecule has 2 heterocycles. The van der Waals surface area contributed by atoms with Gasteiger partial charge < -0.3 is 5.32 Å². The van der Waals surface area contributed by atoms with Crippen molar-refractivity contribution >= 4 is 34.6 Å². The highest BCUT2D eigenvalue weighted by molar-refractivity contribution is 7.18. The van der Waals surface area contributed by atoms with Crippen LogP contribution in [0.1, 0.15) is 39.5 Å². The zero-order valence-electron chi connectivity index (χ0n) is 15.9. The summed E-state index contributed by atoms with van der Waals surface area (Å²) in [6.07, 6.45) is 1.11. The van der Waals surface area contributed by atoms with Crippen LogP contribution >= 0.6 is 22.9 Å². The number of aromatic nitrogens is 2. The van der Waals surface area contributed by atoms with Crippen molar-refractivity contribution in [3.63, 3.8) is 0 Å². The topological polar surface area (TPSA) is 64.0 Å². The number of hydrogen-bond donors (Lipinski definition) is 1. The number of benzene rings is 1. The quantitative estimate of drug-likeness (QED) is 0.550. The number of thiophene rings is 1. The maximum Gasteiger partial charge on any atom is 0.220 e. The van der Waals surface area contributed by atoms with Crippen LogP contribution in [0.4, 0.5) is 0 Å². The van der Waals surface area contributed by atoms with E-state index >= 15 is 0 Å². The van der Waals surface area contributed by atoms with E-state index in [4.69, 9.17) is 11.6 Å². The highest BCUT2D eigenvalue weighted by Gasteiger charge is 2.11. The lowest BCUT2D eigenvalue weighted by Crippen LogP contribution is -2.26. The Labute approximate surface area is 173 Å². The maximum atomic E-state index is 12.0. The average Bonchev–Trinajstić information content (AvgIpc) is 3.25. The Morgan fingerprint density at radius 2 is 1.86 bits per heavy atom. The number of aryl methyl sites for hydroxylation is 2. The lowest BCUT2D eigenvalue weighted by molar-refractivity contribution is -0.121. The molecule has 0 saturated carbocycles. The molecule has 0 aliphatic carbocycles. The summed E-state index contributed by atoms with van der Waals surface area (Å²) in [6.45, 7) is 4.54. The lowest BCUT2D eigenvalue weighted by Gasteiger charge is -2.07. The second kappa shape index (κ2) is 9.17. The van der Waals surface area contributed by atoms with Crippen molar-refractivity contribution in [1.29, 1.82) is 0 Å². The minimum atomic E-state index is -0.115. The molecule has 0 spiro atoms. The Morgan fingerprint density at radius 1 is 1.11 bits per heavy atom. The lowest BCUT2D eigenvalue weighted by atomic mass is 10.1. The zero-order chi connectivity index (χ0) is 20.1. The van der Waals surface area contributed by atoms with Crippen LogP contribution in [0.5, 0.6) is 0 Å². The van der Waals surface area contributed by atoms with Crippen molar-refractivity contribution in [2.45, 2.75) is 33.1 Å². The minimum Gasteiger partial charge on any atom is -0.356 e. The Morgan fingerprint density at radius 3 is 2.46 bits per heavy atom. The van der Waals surface area contributed by atoms with Gasteiger partial charge >= 0.3 is 0 Å². The highest BCUT2D eigenvalue weighted by Crippen LogP contribution is 2.22. The third-order valence-electron chi connectivity index (χ3n) is 4.35. The van der Waals surface area contributed by atoms with Gasteiger partial charge in [-0.15, -0.1) is 11.3 Å². The second-order valence-electron chi connectivity index (χ2n) is 6.63. The monoisotopic (exact) mass is 415 g/mol. The molecule has 0 radical (unpaired) electrons. The van der Waals surface area contributed by atoms with Gasteiger partial charge in [0.15, 0.2) is 5.78 Å². The van der Waals surface area contributed by atoms with Crippen molar-refractivity contribution < 1.29 is 9.59 Å². The number of nitrogens with zero attached hydrogens (tertiary/aromatic N) is 2. The number of ketones is 1. The van der Waals surface area contributed by atoms with Gasteiger partial charge in [-0.1, -0.05) is 23.7 Å². The van der Waals surface area contributed by atoms with Gasteiger partial charge in [0.1, 0.15) is 0 Å². The summed E-state index contributed by atoms with van der Waals surface area (Å²) in [6, 6.07) is 13.6. The zero-order valence-corrected chi connectivity index (χ0v) is 17.4. The molecule has 2 aromatic heterocycles. The molecule has 28 heavy (non-hydrogen) atoms. The molecule has 3 rings (SSSR count). The van der Waals surface area contributed by atoms with Crippen LogP contribution in [0, 0.1) is 13.8 Å². The molecule has 1 amide bonds. The predicted octanol–water partition coefficient (Wildman–Crippen LogP) is 4.53. The van der Waals surface area contributed by atoms with Gasteiger partial charge in [-0.25, -0.2) is 4.68 Å². The van der Waals surface area contributed by atoms with Crippen molar-refractivity contribution in [3.8, 4) is 5.69 Å². The first-order valence-corrected chi connectivity index (χ1v) is 10.3. The first-order chi connectivity index (χ1) is 13.4. The summed E-state index contributed by atoms with van der Waals surface area (Å²) in [7, 11) is 0. The van der Waals surface area contributed by atoms with Gasteiger partial charge in [0.05, 0.1) is 20.6 Å². The minimum absolute atomic E-state index is 0.0493. The third-order valence-corrected chi connectivity index (χ3v) is 5.63. The molecule has 0 aliphatic heterocycles. The number of carbonyl (C=O) groups is 2. The predicted molar refractivity (Wildman–Crippen MR) is 113 cm³/mol. The number of rotatable bonds is 8. The Balaban J connectivity index is 1.42. The number of carbonyl (C=O) groups excluding carboxylic acids is 2. The molecular formula is C21H22ClN3O2S. The third kappa shape index (κ3) is 5.30. The van der Waals surface area contributed by atoms with E-state index in [-0.39, 0.29) is 24.5 Å².